The van der Waals surface area contributed by atoms with E-state index in [4.69, 9.17) is 4.74 Å². The Balaban J connectivity index is 1.77. The van der Waals surface area contributed by atoms with E-state index in [-0.39, 0.29) is 11.9 Å². The van der Waals surface area contributed by atoms with Crippen molar-refractivity contribution in [2.45, 2.75) is 13.0 Å². The number of benzene rings is 1. The zero-order valence-electron chi connectivity index (χ0n) is 9.97. The van der Waals surface area contributed by atoms with Gasteiger partial charge in [-0.15, -0.1) is 11.3 Å². The fourth-order valence-electron chi connectivity index (χ4n) is 2.07. The summed E-state index contributed by atoms with van der Waals surface area (Å²) in [5, 5.41) is 3.01. The first-order valence-corrected chi connectivity index (χ1v) is 6.65. The maximum absolute atomic E-state index is 12.1. The lowest BCUT2D eigenvalue weighted by Gasteiger charge is -2.10. The zero-order valence-corrected chi connectivity index (χ0v) is 10.8. The summed E-state index contributed by atoms with van der Waals surface area (Å²) in [6.45, 7) is 2.50. The van der Waals surface area contributed by atoms with E-state index in [1.807, 2.05) is 43.3 Å². The second kappa shape index (κ2) is 4.46. The van der Waals surface area contributed by atoms with E-state index < -0.39 is 0 Å². The summed E-state index contributed by atoms with van der Waals surface area (Å²) in [6, 6.07) is 11.6. The summed E-state index contributed by atoms with van der Waals surface area (Å²) in [4.78, 5) is 14.0. The first kappa shape index (κ1) is 11.3. The SMILES string of the molecule is Cc1ccc(C(=O)N[C@H]2COc3ccccc32)s1. The van der Waals surface area contributed by atoms with E-state index in [0.717, 1.165) is 21.1 Å². The Hall–Kier alpha value is -1.81. The molecule has 0 saturated carbocycles. The van der Waals surface area contributed by atoms with E-state index in [1.54, 1.807) is 0 Å². The van der Waals surface area contributed by atoms with Crippen LogP contribution in [0.15, 0.2) is 36.4 Å². The monoisotopic (exact) mass is 259 g/mol. The molecule has 3 nitrogen and oxygen atoms in total. The number of fused-ring (bicyclic) bond motifs is 1. The van der Waals surface area contributed by atoms with Gasteiger partial charge in [0, 0.05) is 10.4 Å². The highest BCUT2D eigenvalue weighted by Gasteiger charge is 2.25. The minimum absolute atomic E-state index is 0.0293. The molecule has 1 aromatic carbocycles. The minimum atomic E-state index is -0.0453. The van der Waals surface area contributed by atoms with Crippen LogP contribution in [-0.4, -0.2) is 12.5 Å². The van der Waals surface area contributed by atoms with Crippen LogP contribution in [0.2, 0.25) is 0 Å². The molecule has 3 rings (SSSR count). The van der Waals surface area contributed by atoms with E-state index in [1.165, 1.54) is 11.3 Å². The van der Waals surface area contributed by atoms with Crippen molar-refractivity contribution in [1.29, 1.82) is 0 Å². The number of ether oxygens (including phenoxy) is 1. The summed E-state index contributed by atoms with van der Waals surface area (Å²) in [5.74, 6) is 0.837. The maximum Gasteiger partial charge on any atom is 0.261 e. The Morgan fingerprint density at radius 3 is 2.94 bits per heavy atom. The summed E-state index contributed by atoms with van der Waals surface area (Å²) < 4.78 is 5.54. The van der Waals surface area contributed by atoms with E-state index >= 15 is 0 Å². The quantitative estimate of drug-likeness (QED) is 0.900. The summed E-state index contributed by atoms with van der Waals surface area (Å²) in [7, 11) is 0. The van der Waals surface area contributed by atoms with Crippen LogP contribution in [0.3, 0.4) is 0 Å². The number of hydrogen-bond donors (Lipinski definition) is 1. The third kappa shape index (κ3) is 1.99. The van der Waals surface area contributed by atoms with Gasteiger partial charge in [-0.3, -0.25) is 4.79 Å². The Morgan fingerprint density at radius 2 is 2.17 bits per heavy atom. The molecular weight excluding hydrogens is 246 g/mol. The molecule has 0 unspecified atom stereocenters. The highest BCUT2D eigenvalue weighted by Crippen LogP contribution is 2.32. The third-order valence-corrected chi connectivity index (χ3v) is 3.97. The lowest BCUT2D eigenvalue weighted by molar-refractivity contribution is 0.0934. The fraction of sp³-hybridized carbons (Fsp3) is 0.214. The summed E-state index contributed by atoms with van der Waals surface area (Å²) in [6.07, 6.45) is 0. The third-order valence-electron chi connectivity index (χ3n) is 2.97. The average molecular weight is 259 g/mol. The fourth-order valence-corrected chi connectivity index (χ4v) is 2.84. The molecule has 2 heterocycles. The van der Waals surface area contributed by atoms with E-state index in [2.05, 4.69) is 5.32 Å². The molecule has 1 aliphatic rings. The van der Waals surface area contributed by atoms with Gasteiger partial charge in [0.1, 0.15) is 12.4 Å². The largest absolute Gasteiger partial charge is 0.491 e. The van der Waals surface area contributed by atoms with Crippen LogP contribution in [0.5, 0.6) is 5.75 Å². The smallest absolute Gasteiger partial charge is 0.261 e. The van der Waals surface area contributed by atoms with Crippen LogP contribution < -0.4 is 10.1 Å². The Bertz CT molecular complexity index is 591. The molecule has 0 fully saturated rings. The minimum Gasteiger partial charge on any atom is -0.491 e. The van der Waals surface area contributed by atoms with Gasteiger partial charge >= 0.3 is 0 Å². The van der Waals surface area contributed by atoms with Crippen molar-refractivity contribution < 1.29 is 9.53 Å². The molecule has 2 aromatic rings. The van der Waals surface area contributed by atoms with Crippen molar-refractivity contribution in [1.82, 2.24) is 5.32 Å². The van der Waals surface area contributed by atoms with E-state index in [0.29, 0.717) is 6.61 Å². The standard InChI is InChI=1S/C14H13NO2S/c1-9-6-7-13(18-9)14(16)15-11-8-17-12-5-3-2-4-10(11)12/h2-7,11H,8H2,1H3,(H,15,16)/t11-/m0/s1. The number of carbonyl (C=O) groups excluding carboxylic acids is 1. The Morgan fingerprint density at radius 1 is 1.33 bits per heavy atom. The van der Waals surface area contributed by atoms with E-state index in [9.17, 15) is 4.79 Å². The molecule has 0 saturated heterocycles. The maximum atomic E-state index is 12.1. The highest BCUT2D eigenvalue weighted by atomic mass is 32.1. The van der Waals surface area contributed by atoms with Crippen LogP contribution in [-0.2, 0) is 0 Å². The van der Waals surface area contributed by atoms with Gasteiger partial charge < -0.3 is 10.1 Å². The second-order valence-electron chi connectivity index (χ2n) is 4.29. The molecule has 1 atom stereocenters. The molecule has 92 valence electrons. The van der Waals surface area contributed by atoms with Gasteiger partial charge in [-0.2, -0.15) is 0 Å². The molecule has 1 amide bonds. The van der Waals surface area contributed by atoms with Gasteiger partial charge in [-0.25, -0.2) is 0 Å². The molecule has 0 bridgehead atoms. The van der Waals surface area contributed by atoms with Gasteiger partial charge in [0.2, 0.25) is 0 Å². The highest BCUT2D eigenvalue weighted by molar-refractivity contribution is 7.13. The Labute approximate surface area is 109 Å². The predicted octanol–water partition coefficient (Wildman–Crippen LogP) is 2.92. The van der Waals surface area contributed by atoms with Crippen molar-refractivity contribution in [2.24, 2.45) is 0 Å². The topological polar surface area (TPSA) is 38.3 Å². The van der Waals surface area contributed by atoms with Crippen molar-refractivity contribution in [3.05, 3.63) is 51.7 Å². The van der Waals surface area contributed by atoms with Gasteiger partial charge in [0.25, 0.3) is 5.91 Å². The van der Waals surface area contributed by atoms with Gasteiger partial charge in [-0.05, 0) is 25.1 Å². The molecule has 4 heteroatoms. The molecule has 1 aliphatic heterocycles. The molecule has 0 spiro atoms. The van der Waals surface area contributed by atoms with Crippen LogP contribution in [0.25, 0.3) is 0 Å². The number of nitrogens with one attached hydrogen (secondary N) is 1. The van der Waals surface area contributed by atoms with Crippen molar-refractivity contribution in [3.8, 4) is 5.75 Å². The number of para-hydroxylation sites is 1. The molecule has 1 N–H and O–H groups in total. The number of aryl methyl sites for hydroxylation is 1. The molecule has 18 heavy (non-hydrogen) atoms. The van der Waals surface area contributed by atoms with Crippen molar-refractivity contribution in [2.75, 3.05) is 6.61 Å². The lowest BCUT2D eigenvalue weighted by atomic mass is 10.1. The molecule has 1 aromatic heterocycles. The second-order valence-corrected chi connectivity index (χ2v) is 5.57. The number of carbonyl (C=O) groups is 1. The average Bonchev–Trinajstić information content (AvgIpc) is 2.97. The van der Waals surface area contributed by atoms with Crippen molar-refractivity contribution >= 4 is 17.2 Å². The Kier molecular flexibility index (Phi) is 2.80. The summed E-state index contributed by atoms with van der Waals surface area (Å²) in [5.41, 5.74) is 1.05. The number of hydrogen-bond acceptors (Lipinski definition) is 3. The molecular formula is C14H13NO2S. The van der Waals surface area contributed by atoms with Crippen LogP contribution >= 0.6 is 11.3 Å². The summed E-state index contributed by atoms with van der Waals surface area (Å²) >= 11 is 1.51. The van der Waals surface area contributed by atoms with Gasteiger partial charge in [0.15, 0.2) is 0 Å². The van der Waals surface area contributed by atoms with Crippen molar-refractivity contribution in [3.63, 3.8) is 0 Å². The molecule has 0 radical (unpaired) electrons. The van der Waals surface area contributed by atoms with Crippen LogP contribution in [0.1, 0.15) is 26.2 Å². The first-order chi connectivity index (χ1) is 8.74. The zero-order chi connectivity index (χ0) is 12.5. The van der Waals surface area contributed by atoms with Gasteiger partial charge in [-0.1, -0.05) is 18.2 Å². The van der Waals surface area contributed by atoms with Crippen LogP contribution in [0.4, 0.5) is 0 Å². The molecule has 0 aliphatic carbocycles. The number of thiophene rings is 1. The predicted molar refractivity (Wildman–Crippen MR) is 71.2 cm³/mol. The number of rotatable bonds is 2. The number of amides is 1. The van der Waals surface area contributed by atoms with Crippen LogP contribution in [0, 0.1) is 6.92 Å². The normalized spacial score (nSPS) is 17.1. The first-order valence-electron chi connectivity index (χ1n) is 5.83. The lowest BCUT2D eigenvalue weighted by Crippen LogP contribution is -2.28. The van der Waals surface area contributed by atoms with Gasteiger partial charge in [0.05, 0.1) is 10.9 Å².